The second-order valence-electron chi connectivity index (χ2n) is 15.6. The monoisotopic (exact) mass is 754 g/mol. The van der Waals surface area contributed by atoms with Crippen molar-refractivity contribution in [1.82, 2.24) is 18.9 Å². The highest BCUT2D eigenvalue weighted by molar-refractivity contribution is 7.26. The van der Waals surface area contributed by atoms with E-state index in [4.69, 9.17) is 14.4 Å². The second kappa shape index (κ2) is 10.2. The van der Waals surface area contributed by atoms with E-state index < -0.39 is 0 Å². The lowest BCUT2D eigenvalue weighted by molar-refractivity contribution is 0.666. The Balaban J connectivity index is 1.12. The molecule has 5 nitrogen and oxygen atoms in total. The fourth-order valence-electron chi connectivity index (χ4n) is 10.5. The van der Waals surface area contributed by atoms with Crippen LogP contribution in [0.2, 0.25) is 0 Å². The van der Waals surface area contributed by atoms with Gasteiger partial charge in [0.25, 0.3) is 0 Å². The van der Waals surface area contributed by atoms with Gasteiger partial charge >= 0.3 is 0 Å². The number of fused-ring (bicyclic) bond motifs is 13. The summed E-state index contributed by atoms with van der Waals surface area (Å²) < 4.78 is 14.1. The van der Waals surface area contributed by atoms with Crippen LogP contribution in [-0.2, 0) is 0 Å². The van der Waals surface area contributed by atoms with Crippen molar-refractivity contribution in [2.24, 2.45) is 0 Å². The molecule has 0 aliphatic heterocycles. The smallest absolute Gasteiger partial charge is 0.236 e. The SMILES string of the molecule is c1ccc2c(c1)oc1c(-c3ccc4c5ccccc5c5ccccc5c4c3)nc(-n3c4ccc5sc6cccc7c6c5c4c4c3ccc3c5ccccc5n7c34)nc12. The average Bonchev–Trinajstić information content (AvgIpc) is 4.01. The van der Waals surface area contributed by atoms with E-state index in [9.17, 15) is 0 Å². The minimum atomic E-state index is 0.624. The van der Waals surface area contributed by atoms with Gasteiger partial charge in [-0.15, -0.1) is 11.3 Å². The molecule has 0 saturated carbocycles. The summed E-state index contributed by atoms with van der Waals surface area (Å²) in [6.07, 6.45) is 0. The molecule has 58 heavy (non-hydrogen) atoms. The van der Waals surface area contributed by atoms with E-state index in [2.05, 4.69) is 155 Å². The van der Waals surface area contributed by atoms with E-state index in [1.807, 2.05) is 23.5 Å². The Morgan fingerprint density at radius 2 is 1.07 bits per heavy atom. The van der Waals surface area contributed by atoms with Gasteiger partial charge in [-0.2, -0.15) is 0 Å². The van der Waals surface area contributed by atoms with Crippen molar-refractivity contribution in [2.45, 2.75) is 0 Å². The van der Waals surface area contributed by atoms with Crippen LogP contribution in [0, 0.1) is 0 Å². The van der Waals surface area contributed by atoms with E-state index in [1.165, 1.54) is 90.6 Å². The Bertz CT molecular complexity index is 4240. The maximum Gasteiger partial charge on any atom is 0.236 e. The number of benzene rings is 9. The molecule has 0 fully saturated rings. The Morgan fingerprint density at radius 1 is 0.431 bits per heavy atom. The first-order valence-electron chi connectivity index (χ1n) is 19.7. The molecule has 0 aliphatic carbocycles. The van der Waals surface area contributed by atoms with Crippen molar-refractivity contribution in [3.8, 4) is 17.2 Å². The minimum absolute atomic E-state index is 0.624. The van der Waals surface area contributed by atoms with Crippen molar-refractivity contribution >= 4 is 135 Å². The molecule has 0 N–H and O–H groups in total. The van der Waals surface area contributed by atoms with Crippen molar-refractivity contribution in [2.75, 3.05) is 0 Å². The number of thiophene rings is 1. The summed E-state index contributed by atoms with van der Waals surface area (Å²) in [5.41, 5.74) is 9.91. The van der Waals surface area contributed by atoms with Crippen LogP contribution < -0.4 is 0 Å². The lowest BCUT2D eigenvalue weighted by atomic mass is 9.93. The van der Waals surface area contributed by atoms with Gasteiger partial charge < -0.3 is 8.82 Å². The van der Waals surface area contributed by atoms with E-state index in [-0.39, 0.29) is 0 Å². The molecule has 0 amide bonds. The van der Waals surface area contributed by atoms with Crippen LogP contribution in [0.1, 0.15) is 0 Å². The van der Waals surface area contributed by atoms with Crippen molar-refractivity contribution < 1.29 is 4.42 Å². The predicted molar refractivity (Wildman–Crippen MR) is 243 cm³/mol. The Labute approximate surface area is 331 Å². The Kier molecular flexibility index (Phi) is 5.25. The maximum atomic E-state index is 6.71. The van der Waals surface area contributed by atoms with Gasteiger partial charge in [0.1, 0.15) is 16.8 Å². The number of hydrogen-bond donors (Lipinski definition) is 0. The highest BCUT2D eigenvalue weighted by atomic mass is 32.1. The van der Waals surface area contributed by atoms with Gasteiger partial charge in [-0.05, 0) is 86.9 Å². The van der Waals surface area contributed by atoms with Crippen molar-refractivity contribution in [3.63, 3.8) is 0 Å². The number of aromatic nitrogens is 4. The molecule has 6 aromatic heterocycles. The third kappa shape index (κ3) is 3.47. The zero-order valence-electron chi connectivity index (χ0n) is 30.6. The van der Waals surface area contributed by atoms with Crippen LogP contribution in [0.5, 0.6) is 0 Å². The fraction of sp³-hybridized carbons (Fsp3) is 0. The van der Waals surface area contributed by atoms with E-state index in [1.54, 1.807) is 0 Å². The summed E-state index contributed by atoms with van der Waals surface area (Å²) >= 11 is 1.87. The second-order valence-corrected chi connectivity index (χ2v) is 16.7. The largest absolute Gasteiger partial charge is 0.452 e. The van der Waals surface area contributed by atoms with E-state index in [0.717, 1.165) is 38.8 Å². The normalized spacial score (nSPS) is 12.8. The van der Waals surface area contributed by atoms with E-state index in [0.29, 0.717) is 11.5 Å². The predicted octanol–water partition coefficient (Wildman–Crippen LogP) is 14.4. The van der Waals surface area contributed by atoms with Crippen molar-refractivity contribution in [1.29, 1.82) is 0 Å². The summed E-state index contributed by atoms with van der Waals surface area (Å²) in [5.74, 6) is 0.624. The highest BCUT2D eigenvalue weighted by Crippen LogP contribution is 2.50. The quantitative estimate of drug-likeness (QED) is 0.165. The van der Waals surface area contributed by atoms with Gasteiger partial charge in [0.15, 0.2) is 5.58 Å². The van der Waals surface area contributed by atoms with E-state index >= 15 is 0 Å². The first kappa shape index (κ1) is 29.7. The molecule has 0 saturated heterocycles. The number of furan rings is 1. The van der Waals surface area contributed by atoms with Gasteiger partial charge in [0.05, 0.1) is 27.6 Å². The molecule has 0 spiro atoms. The molecule has 15 rings (SSSR count). The Hall–Kier alpha value is -7.54. The molecule has 6 heterocycles. The van der Waals surface area contributed by atoms with Crippen LogP contribution in [0.15, 0.2) is 162 Å². The molecule has 0 unspecified atom stereocenters. The fourth-order valence-corrected chi connectivity index (χ4v) is 11.6. The lowest BCUT2D eigenvalue weighted by Crippen LogP contribution is -2.03. The van der Waals surface area contributed by atoms with Gasteiger partial charge in [0.2, 0.25) is 5.95 Å². The Morgan fingerprint density at radius 3 is 1.90 bits per heavy atom. The molecule has 6 heteroatoms. The standard InChI is InChI=1S/C52H26N4OS/c1-2-12-30-28(10-1)29-11-3-4-13-31(29)36-26-27(20-21-32(30)36)48-51-49(35-15-6-8-18-41(35)57-51)54-52(53-48)56-39-24-25-43-47-44-38(17-9-19-42(44)58-43)55-37-16-7-5-14-33(37)34-22-23-40(56)46(45(39)47)50(34)55/h1-26H. The summed E-state index contributed by atoms with van der Waals surface area (Å²) in [7, 11) is 0. The minimum Gasteiger partial charge on any atom is -0.452 e. The maximum absolute atomic E-state index is 6.71. The summed E-state index contributed by atoms with van der Waals surface area (Å²) in [4.78, 5) is 11.0. The number of rotatable bonds is 2. The first-order chi connectivity index (χ1) is 28.8. The third-order valence-corrected chi connectivity index (χ3v) is 14.0. The molecule has 0 radical (unpaired) electrons. The topological polar surface area (TPSA) is 48.3 Å². The van der Waals surface area contributed by atoms with Crippen LogP contribution in [0.3, 0.4) is 0 Å². The van der Waals surface area contributed by atoms with Crippen molar-refractivity contribution in [3.05, 3.63) is 158 Å². The zero-order valence-corrected chi connectivity index (χ0v) is 31.4. The van der Waals surface area contributed by atoms with Crippen LogP contribution in [-0.4, -0.2) is 18.9 Å². The van der Waals surface area contributed by atoms with Gasteiger partial charge in [-0.25, -0.2) is 9.97 Å². The first-order valence-corrected chi connectivity index (χ1v) is 20.5. The van der Waals surface area contributed by atoms with Crippen LogP contribution in [0.25, 0.3) is 141 Å². The summed E-state index contributed by atoms with van der Waals surface area (Å²) in [6.45, 7) is 0. The van der Waals surface area contributed by atoms with Gasteiger partial charge in [-0.1, -0.05) is 103 Å². The molecule has 9 aromatic carbocycles. The van der Waals surface area contributed by atoms with Crippen LogP contribution in [0.4, 0.5) is 0 Å². The highest BCUT2D eigenvalue weighted by Gasteiger charge is 2.28. The number of nitrogens with zero attached hydrogens (tertiary/aromatic N) is 4. The number of para-hydroxylation sites is 2. The average molecular weight is 755 g/mol. The number of hydrogen-bond acceptors (Lipinski definition) is 4. The van der Waals surface area contributed by atoms with Crippen LogP contribution >= 0.6 is 11.3 Å². The molecule has 0 aliphatic rings. The molecular formula is C52H26N4OS. The lowest BCUT2D eigenvalue weighted by Gasteiger charge is -2.13. The molecule has 15 aromatic rings. The van der Waals surface area contributed by atoms with Gasteiger partial charge in [0, 0.05) is 52.7 Å². The summed E-state index contributed by atoms with van der Waals surface area (Å²) in [6, 6.07) is 57.2. The molecule has 0 atom stereocenters. The molecule has 266 valence electrons. The zero-order chi connectivity index (χ0) is 37.4. The molecule has 0 bridgehead atoms. The third-order valence-electron chi connectivity index (χ3n) is 12.8. The molecular weight excluding hydrogens is 729 g/mol. The summed E-state index contributed by atoms with van der Waals surface area (Å²) in [5, 5.41) is 15.9. The van der Waals surface area contributed by atoms with Gasteiger partial charge in [-0.3, -0.25) is 4.57 Å².